The van der Waals surface area contributed by atoms with Crippen LogP contribution in [0.3, 0.4) is 0 Å². The molecule has 0 radical (unpaired) electrons. The maximum absolute atomic E-state index is 12.8. The zero-order chi connectivity index (χ0) is 19.3. The Bertz CT molecular complexity index is 884. The predicted octanol–water partition coefficient (Wildman–Crippen LogP) is 4.82. The van der Waals surface area contributed by atoms with Gasteiger partial charge >= 0.3 is 0 Å². The van der Waals surface area contributed by atoms with Gasteiger partial charge in [0.2, 0.25) is 0 Å². The molecule has 0 unspecified atom stereocenters. The van der Waals surface area contributed by atoms with Crippen LogP contribution in [0.4, 0.5) is 5.69 Å². The summed E-state index contributed by atoms with van der Waals surface area (Å²) in [6.07, 6.45) is 1.59. The summed E-state index contributed by atoms with van der Waals surface area (Å²) in [6.45, 7) is 5.98. The molecule has 0 fully saturated rings. The lowest BCUT2D eigenvalue weighted by Gasteiger charge is -2.23. The smallest absolute Gasteiger partial charge is 0.253 e. The van der Waals surface area contributed by atoms with Crippen molar-refractivity contribution in [3.05, 3.63) is 58.6 Å². The maximum atomic E-state index is 12.8. The molecule has 0 saturated heterocycles. The molecule has 2 aromatic rings. The third-order valence-electron chi connectivity index (χ3n) is 3.58. The van der Waals surface area contributed by atoms with Gasteiger partial charge in [-0.25, -0.2) is 13.4 Å². The SMILES string of the molecule is CCN(SN(C)C=Nc1ccc(Cl)cc1C)S(=O)(=O)c1ccc(C)cc1. The fraction of sp³-hybridized carbons (Fsp3) is 0.278. The number of halogens is 1. The molecule has 0 atom stereocenters. The fourth-order valence-corrected chi connectivity index (χ4v) is 4.87. The molecule has 5 nitrogen and oxygen atoms in total. The van der Waals surface area contributed by atoms with E-state index >= 15 is 0 Å². The van der Waals surface area contributed by atoms with Crippen molar-refractivity contribution in [3.63, 3.8) is 0 Å². The number of aryl methyl sites for hydroxylation is 2. The number of sulfonamides is 1. The summed E-state index contributed by atoms with van der Waals surface area (Å²) in [4.78, 5) is 4.67. The summed E-state index contributed by atoms with van der Waals surface area (Å²) in [6, 6.07) is 12.3. The van der Waals surface area contributed by atoms with E-state index in [1.807, 2.05) is 26.0 Å². The molecular weight excluding hydrogens is 390 g/mol. The molecule has 0 heterocycles. The van der Waals surface area contributed by atoms with E-state index in [1.54, 1.807) is 54.9 Å². The van der Waals surface area contributed by atoms with Gasteiger partial charge in [-0.2, -0.15) is 0 Å². The Labute approximate surface area is 165 Å². The number of hydrogen-bond donors (Lipinski definition) is 0. The van der Waals surface area contributed by atoms with Gasteiger partial charge in [-0.3, -0.25) is 4.31 Å². The van der Waals surface area contributed by atoms with Crippen LogP contribution in [0.25, 0.3) is 0 Å². The highest BCUT2D eigenvalue weighted by atomic mass is 35.5. The molecule has 8 heteroatoms. The molecule has 0 spiro atoms. The minimum Gasteiger partial charge on any atom is -0.296 e. The fourth-order valence-electron chi connectivity index (χ4n) is 2.17. The van der Waals surface area contributed by atoms with Gasteiger partial charge in [0, 0.05) is 18.6 Å². The van der Waals surface area contributed by atoms with Crippen LogP contribution >= 0.6 is 23.7 Å². The molecule has 0 saturated carbocycles. The molecule has 140 valence electrons. The molecule has 0 aliphatic heterocycles. The Hall–Kier alpha value is -1.54. The van der Waals surface area contributed by atoms with Gasteiger partial charge in [0.25, 0.3) is 10.0 Å². The lowest BCUT2D eigenvalue weighted by Crippen LogP contribution is -2.28. The summed E-state index contributed by atoms with van der Waals surface area (Å²) in [5, 5.41) is 0.658. The first-order valence-electron chi connectivity index (χ1n) is 8.04. The number of rotatable bonds is 7. The lowest BCUT2D eigenvalue weighted by atomic mass is 10.2. The van der Waals surface area contributed by atoms with E-state index in [4.69, 9.17) is 11.6 Å². The third kappa shape index (κ3) is 5.23. The zero-order valence-corrected chi connectivity index (χ0v) is 17.6. The molecule has 26 heavy (non-hydrogen) atoms. The van der Waals surface area contributed by atoms with E-state index in [1.165, 1.54) is 3.71 Å². The van der Waals surface area contributed by atoms with E-state index in [9.17, 15) is 8.42 Å². The minimum absolute atomic E-state index is 0.274. The molecule has 0 aliphatic carbocycles. The first-order valence-corrected chi connectivity index (χ1v) is 10.6. The Balaban J connectivity index is 2.13. The van der Waals surface area contributed by atoms with Crippen LogP contribution in [0.5, 0.6) is 0 Å². The molecule has 2 rings (SSSR count). The van der Waals surface area contributed by atoms with Crippen molar-refractivity contribution in [2.75, 3.05) is 13.6 Å². The molecule has 0 aliphatic rings. The zero-order valence-electron chi connectivity index (χ0n) is 15.2. The van der Waals surface area contributed by atoms with Crippen LogP contribution in [-0.2, 0) is 10.0 Å². The third-order valence-corrected chi connectivity index (χ3v) is 7.06. The van der Waals surface area contributed by atoms with Crippen molar-refractivity contribution in [2.24, 2.45) is 4.99 Å². The molecular formula is C18H22ClN3O2S2. The number of benzene rings is 2. The van der Waals surface area contributed by atoms with Crippen LogP contribution in [0.15, 0.2) is 52.4 Å². The summed E-state index contributed by atoms with van der Waals surface area (Å²) < 4.78 is 28.6. The normalized spacial score (nSPS) is 12.1. The predicted molar refractivity (Wildman–Crippen MR) is 110 cm³/mol. The van der Waals surface area contributed by atoms with Crippen LogP contribution in [0.2, 0.25) is 5.02 Å². The average molecular weight is 412 g/mol. The topological polar surface area (TPSA) is 53.0 Å². The van der Waals surface area contributed by atoms with Gasteiger partial charge in [-0.1, -0.05) is 36.2 Å². The first-order chi connectivity index (χ1) is 12.2. The van der Waals surface area contributed by atoms with Crippen LogP contribution in [0, 0.1) is 13.8 Å². The van der Waals surface area contributed by atoms with Crippen molar-refractivity contribution < 1.29 is 8.42 Å². The monoisotopic (exact) mass is 411 g/mol. The Kier molecular flexibility index (Phi) is 7.11. The second kappa shape index (κ2) is 8.90. The van der Waals surface area contributed by atoms with Crippen LogP contribution < -0.4 is 0 Å². The first kappa shape index (κ1) is 20.8. The second-order valence-corrected chi connectivity index (χ2v) is 9.45. The van der Waals surface area contributed by atoms with E-state index < -0.39 is 10.0 Å². The number of nitrogens with zero attached hydrogens (tertiary/aromatic N) is 3. The Morgan fingerprint density at radius 3 is 2.38 bits per heavy atom. The van der Waals surface area contributed by atoms with Crippen molar-refractivity contribution in [2.45, 2.75) is 25.7 Å². The maximum Gasteiger partial charge on any atom is 0.253 e. The summed E-state index contributed by atoms with van der Waals surface area (Å²) in [7, 11) is -1.83. The lowest BCUT2D eigenvalue weighted by molar-refractivity contribution is 0.545. The molecule has 0 amide bonds. The van der Waals surface area contributed by atoms with Crippen molar-refractivity contribution in [1.29, 1.82) is 0 Å². The van der Waals surface area contributed by atoms with Gasteiger partial charge < -0.3 is 0 Å². The van der Waals surface area contributed by atoms with Gasteiger partial charge in [-0.15, -0.1) is 3.71 Å². The van der Waals surface area contributed by atoms with Crippen molar-refractivity contribution >= 4 is 45.8 Å². The number of hydrogen-bond acceptors (Lipinski definition) is 4. The molecule has 0 bridgehead atoms. The molecule has 2 aromatic carbocycles. The standard InChI is InChI=1S/C18H22ClN3O2S2/c1-5-22(26(23,24)17-9-6-14(2)7-10-17)25-21(4)13-20-18-11-8-16(19)12-15(18)3/h6-13H,5H2,1-4H3. The summed E-state index contributed by atoms with van der Waals surface area (Å²) in [5.74, 6) is 0. The van der Waals surface area contributed by atoms with Crippen molar-refractivity contribution in [3.8, 4) is 0 Å². The Morgan fingerprint density at radius 1 is 1.15 bits per heavy atom. The van der Waals surface area contributed by atoms with E-state index in [0.29, 0.717) is 11.6 Å². The minimum atomic E-state index is -3.58. The number of aliphatic imine (C=N–C) groups is 1. The van der Waals surface area contributed by atoms with Crippen LogP contribution in [-0.4, -0.2) is 36.4 Å². The van der Waals surface area contributed by atoms with E-state index in [-0.39, 0.29) is 4.90 Å². The highest BCUT2D eigenvalue weighted by Crippen LogP contribution is 2.26. The van der Waals surface area contributed by atoms with Gasteiger partial charge in [-0.05, 0) is 49.7 Å². The van der Waals surface area contributed by atoms with Gasteiger partial charge in [0.05, 0.1) is 22.7 Å². The van der Waals surface area contributed by atoms with Gasteiger partial charge in [0.1, 0.15) is 6.34 Å². The largest absolute Gasteiger partial charge is 0.296 e. The summed E-state index contributed by atoms with van der Waals surface area (Å²) >= 11 is 7.03. The highest BCUT2D eigenvalue weighted by Gasteiger charge is 2.25. The molecule has 0 aromatic heterocycles. The quantitative estimate of drug-likeness (QED) is 0.372. The average Bonchev–Trinajstić information content (AvgIpc) is 2.59. The van der Waals surface area contributed by atoms with E-state index in [2.05, 4.69) is 4.99 Å². The van der Waals surface area contributed by atoms with Crippen LogP contribution in [0.1, 0.15) is 18.1 Å². The van der Waals surface area contributed by atoms with E-state index in [0.717, 1.165) is 28.9 Å². The highest BCUT2D eigenvalue weighted by molar-refractivity contribution is 8.07. The summed E-state index contributed by atoms with van der Waals surface area (Å²) in [5.41, 5.74) is 2.75. The van der Waals surface area contributed by atoms with Gasteiger partial charge in [0.15, 0.2) is 0 Å². The molecule has 0 N–H and O–H groups in total. The second-order valence-electron chi connectivity index (χ2n) is 5.74. The van der Waals surface area contributed by atoms with Crippen molar-refractivity contribution in [1.82, 2.24) is 8.02 Å². The Morgan fingerprint density at radius 2 is 1.81 bits per heavy atom.